The van der Waals surface area contributed by atoms with Crippen LogP contribution in [0.15, 0.2) is 36.4 Å². The van der Waals surface area contributed by atoms with Crippen LogP contribution in [0.5, 0.6) is 0 Å². The lowest BCUT2D eigenvalue weighted by Crippen LogP contribution is -2.12. The van der Waals surface area contributed by atoms with Gasteiger partial charge in [0.05, 0.1) is 0 Å². The molecule has 100 valence electrons. The summed E-state index contributed by atoms with van der Waals surface area (Å²) in [6, 6.07) is 10.9. The van der Waals surface area contributed by atoms with Gasteiger partial charge in [-0.15, -0.1) is 0 Å². The second kappa shape index (κ2) is 6.18. The van der Waals surface area contributed by atoms with Crippen LogP contribution in [0.3, 0.4) is 0 Å². The molecule has 1 nitrogen and oxygen atoms in total. The van der Waals surface area contributed by atoms with Gasteiger partial charge in [-0.25, -0.2) is 4.39 Å². The van der Waals surface area contributed by atoms with Crippen molar-refractivity contribution in [3.63, 3.8) is 0 Å². The minimum Gasteiger partial charge on any atom is -0.313 e. The summed E-state index contributed by atoms with van der Waals surface area (Å²) < 4.78 is 13.7. The molecule has 0 heterocycles. The number of hydrogen-bond acceptors (Lipinski definition) is 1. The molecule has 0 amide bonds. The van der Waals surface area contributed by atoms with Crippen LogP contribution in [-0.2, 0) is 6.54 Å². The van der Waals surface area contributed by atoms with Crippen LogP contribution in [0.2, 0.25) is 5.02 Å². The van der Waals surface area contributed by atoms with E-state index in [2.05, 4.69) is 12.2 Å². The maximum atomic E-state index is 13.7. The standard InChI is InChI=1S/C16H17ClFN/c1-3-19-10-12-7-8-13(17)9-15(12)14-5-4-6-16(18)11(14)2/h4-9,19H,3,10H2,1-2H3. The average Bonchev–Trinajstić information content (AvgIpc) is 2.40. The van der Waals surface area contributed by atoms with E-state index in [9.17, 15) is 4.39 Å². The first-order valence-electron chi connectivity index (χ1n) is 6.38. The molecular weight excluding hydrogens is 261 g/mol. The molecular formula is C16H17ClFN. The van der Waals surface area contributed by atoms with E-state index in [0.29, 0.717) is 10.6 Å². The van der Waals surface area contributed by atoms with E-state index >= 15 is 0 Å². The van der Waals surface area contributed by atoms with E-state index < -0.39 is 0 Å². The highest BCUT2D eigenvalue weighted by Gasteiger charge is 2.10. The third-order valence-corrected chi connectivity index (χ3v) is 3.43. The molecule has 2 rings (SSSR count). The van der Waals surface area contributed by atoms with Gasteiger partial charge in [0.15, 0.2) is 0 Å². The van der Waals surface area contributed by atoms with E-state index in [4.69, 9.17) is 11.6 Å². The second-order valence-corrected chi connectivity index (χ2v) is 4.93. The van der Waals surface area contributed by atoms with Crippen LogP contribution in [0.1, 0.15) is 18.1 Å². The molecule has 1 N–H and O–H groups in total. The Kier molecular flexibility index (Phi) is 4.56. The zero-order valence-electron chi connectivity index (χ0n) is 11.1. The molecule has 0 aliphatic heterocycles. The number of nitrogens with one attached hydrogen (secondary N) is 1. The molecule has 0 spiro atoms. The summed E-state index contributed by atoms with van der Waals surface area (Å²) in [7, 11) is 0. The van der Waals surface area contributed by atoms with Crippen molar-refractivity contribution in [2.75, 3.05) is 6.54 Å². The smallest absolute Gasteiger partial charge is 0.126 e. The van der Waals surface area contributed by atoms with Crippen molar-refractivity contribution in [3.8, 4) is 11.1 Å². The van der Waals surface area contributed by atoms with Crippen molar-refractivity contribution in [1.29, 1.82) is 0 Å². The lowest BCUT2D eigenvalue weighted by molar-refractivity contribution is 0.619. The van der Waals surface area contributed by atoms with Gasteiger partial charge in [0.1, 0.15) is 5.82 Å². The van der Waals surface area contributed by atoms with Crippen LogP contribution >= 0.6 is 11.6 Å². The Morgan fingerprint density at radius 1 is 1.16 bits per heavy atom. The van der Waals surface area contributed by atoms with Crippen LogP contribution in [0, 0.1) is 12.7 Å². The molecule has 3 heteroatoms. The van der Waals surface area contributed by atoms with Crippen molar-refractivity contribution in [1.82, 2.24) is 5.32 Å². The van der Waals surface area contributed by atoms with Crippen molar-refractivity contribution >= 4 is 11.6 Å². The molecule has 0 saturated heterocycles. The summed E-state index contributed by atoms with van der Waals surface area (Å²) in [6.45, 7) is 5.49. The SMILES string of the molecule is CCNCc1ccc(Cl)cc1-c1cccc(F)c1C. The van der Waals surface area contributed by atoms with E-state index in [1.54, 1.807) is 13.0 Å². The molecule has 0 fully saturated rings. The summed E-state index contributed by atoms with van der Waals surface area (Å²) in [4.78, 5) is 0. The molecule has 0 aliphatic carbocycles. The van der Waals surface area contributed by atoms with Crippen LogP contribution in [0.25, 0.3) is 11.1 Å². The summed E-state index contributed by atoms with van der Waals surface area (Å²) >= 11 is 6.08. The summed E-state index contributed by atoms with van der Waals surface area (Å²) in [5, 5.41) is 3.96. The monoisotopic (exact) mass is 277 g/mol. The van der Waals surface area contributed by atoms with Gasteiger partial charge in [-0.3, -0.25) is 0 Å². The third-order valence-electron chi connectivity index (χ3n) is 3.20. The van der Waals surface area contributed by atoms with E-state index in [1.165, 1.54) is 6.07 Å². The molecule has 0 atom stereocenters. The van der Waals surface area contributed by atoms with E-state index in [0.717, 1.165) is 29.8 Å². The number of rotatable bonds is 4. The Balaban J connectivity index is 2.53. The van der Waals surface area contributed by atoms with E-state index in [-0.39, 0.29) is 5.82 Å². The Morgan fingerprint density at radius 2 is 1.95 bits per heavy atom. The topological polar surface area (TPSA) is 12.0 Å². The minimum atomic E-state index is -0.188. The van der Waals surface area contributed by atoms with Crippen molar-refractivity contribution in [2.45, 2.75) is 20.4 Å². The predicted octanol–water partition coefficient (Wildman–Crippen LogP) is 4.56. The normalized spacial score (nSPS) is 10.7. The fourth-order valence-corrected chi connectivity index (χ4v) is 2.28. The van der Waals surface area contributed by atoms with Gasteiger partial charge in [0.25, 0.3) is 0 Å². The van der Waals surface area contributed by atoms with Gasteiger partial charge in [0, 0.05) is 11.6 Å². The van der Waals surface area contributed by atoms with Gasteiger partial charge in [-0.05, 0) is 53.9 Å². The third kappa shape index (κ3) is 3.14. The van der Waals surface area contributed by atoms with Crippen LogP contribution in [0.4, 0.5) is 4.39 Å². The molecule has 0 radical (unpaired) electrons. The fourth-order valence-electron chi connectivity index (χ4n) is 2.11. The average molecular weight is 278 g/mol. The van der Waals surface area contributed by atoms with Crippen molar-refractivity contribution in [3.05, 3.63) is 58.4 Å². The largest absolute Gasteiger partial charge is 0.313 e. The van der Waals surface area contributed by atoms with E-state index in [1.807, 2.05) is 24.3 Å². The minimum absolute atomic E-state index is 0.188. The summed E-state index contributed by atoms with van der Waals surface area (Å²) in [5.74, 6) is -0.188. The summed E-state index contributed by atoms with van der Waals surface area (Å²) in [5.41, 5.74) is 3.67. The zero-order chi connectivity index (χ0) is 13.8. The van der Waals surface area contributed by atoms with Crippen LogP contribution < -0.4 is 5.32 Å². The van der Waals surface area contributed by atoms with Gasteiger partial charge in [0.2, 0.25) is 0 Å². The highest BCUT2D eigenvalue weighted by molar-refractivity contribution is 6.30. The Bertz CT molecular complexity index is 581. The number of hydrogen-bond donors (Lipinski definition) is 1. The lowest BCUT2D eigenvalue weighted by Gasteiger charge is -2.13. The van der Waals surface area contributed by atoms with Crippen molar-refractivity contribution in [2.24, 2.45) is 0 Å². The molecule has 2 aromatic rings. The molecule has 19 heavy (non-hydrogen) atoms. The molecule has 0 saturated carbocycles. The van der Waals surface area contributed by atoms with Gasteiger partial charge in [-0.2, -0.15) is 0 Å². The molecule has 0 unspecified atom stereocenters. The van der Waals surface area contributed by atoms with Crippen molar-refractivity contribution < 1.29 is 4.39 Å². The Morgan fingerprint density at radius 3 is 2.68 bits per heavy atom. The molecule has 0 bridgehead atoms. The van der Waals surface area contributed by atoms with Gasteiger partial charge >= 0.3 is 0 Å². The Hall–Kier alpha value is -1.38. The maximum absolute atomic E-state index is 13.7. The fraction of sp³-hybridized carbons (Fsp3) is 0.250. The van der Waals surface area contributed by atoms with Gasteiger partial charge < -0.3 is 5.32 Å². The predicted molar refractivity (Wildman–Crippen MR) is 79.0 cm³/mol. The van der Waals surface area contributed by atoms with Crippen LogP contribution in [-0.4, -0.2) is 6.54 Å². The molecule has 0 aromatic heterocycles. The Labute approximate surface area is 118 Å². The highest BCUT2D eigenvalue weighted by Crippen LogP contribution is 2.30. The first-order valence-corrected chi connectivity index (χ1v) is 6.76. The highest BCUT2D eigenvalue weighted by atomic mass is 35.5. The summed E-state index contributed by atoms with van der Waals surface area (Å²) in [6.07, 6.45) is 0. The zero-order valence-corrected chi connectivity index (χ0v) is 11.9. The lowest BCUT2D eigenvalue weighted by atomic mass is 9.95. The quantitative estimate of drug-likeness (QED) is 0.864. The maximum Gasteiger partial charge on any atom is 0.126 e. The molecule has 2 aromatic carbocycles. The first kappa shape index (κ1) is 14.0. The number of halogens is 2. The van der Waals surface area contributed by atoms with Gasteiger partial charge in [-0.1, -0.05) is 36.7 Å². The first-order chi connectivity index (χ1) is 9.13. The number of benzene rings is 2. The second-order valence-electron chi connectivity index (χ2n) is 4.49. The molecule has 0 aliphatic rings.